The second-order valence-electron chi connectivity index (χ2n) is 6.55. The summed E-state index contributed by atoms with van der Waals surface area (Å²) in [4.78, 5) is 2.00. The molecule has 0 aromatic heterocycles. The predicted octanol–water partition coefficient (Wildman–Crippen LogP) is 1.41. The molecule has 24 heavy (non-hydrogen) atoms. The van der Waals surface area contributed by atoms with E-state index >= 15 is 0 Å². The molecule has 1 aromatic carbocycles. The minimum atomic E-state index is -3.52. The molecule has 1 aliphatic rings. The Hall–Kier alpha value is -0.990. The third-order valence-electron chi connectivity index (χ3n) is 4.20. The summed E-state index contributed by atoms with van der Waals surface area (Å²) in [5, 5.41) is 0. The van der Waals surface area contributed by atoms with E-state index in [4.69, 9.17) is 4.74 Å². The summed E-state index contributed by atoms with van der Waals surface area (Å²) in [6.45, 7) is 2.67. The Bertz CT molecular complexity index is 586. The van der Waals surface area contributed by atoms with Gasteiger partial charge in [0.1, 0.15) is 0 Å². The molecule has 1 fully saturated rings. The van der Waals surface area contributed by atoms with E-state index < -0.39 is 10.2 Å². The highest BCUT2D eigenvalue weighted by atomic mass is 32.2. The SMILES string of the molecule is CN(C)CCN(CC1CCCO1)S(=O)(=O)N(C)Cc1ccccc1. The molecule has 1 unspecified atom stereocenters. The van der Waals surface area contributed by atoms with Crippen LogP contribution in [0.4, 0.5) is 0 Å². The quantitative estimate of drug-likeness (QED) is 0.672. The van der Waals surface area contributed by atoms with Crippen molar-refractivity contribution in [2.75, 3.05) is 47.4 Å². The van der Waals surface area contributed by atoms with Crippen LogP contribution in [0.1, 0.15) is 18.4 Å². The molecule has 7 heteroatoms. The van der Waals surface area contributed by atoms with Gasteiger partial charge in [-0.2, -0.15) is 17.0 Å². The van der Waals surface area contributed by atoms with E-state index in [-0.39, 0.29) is 6.10 Å². The van der Waals surface area contributed by atoms with Gasteiger partial charge in [0.25, 0.3) is 10.2 Å². The zero-order valence-electron chi connectivity index (χ0n) is 14.9. The highest BCUT2D eigenvalue weighted by Gasteiger charge is 2.30. The standard InChI is InChI=1S/C17H29N3O3S/c1-18(2)11-12-20(15-17-10-7-13-23-17)24(21,22)19(3)14-16-8-5-4-6-9-16/h4-6,8-9,17H,7,10-15H2,1-3H3. The van der Waals surface area contributed by atoms with Gasteiger partial charge < -0.3 is 9.64 Å². The average Bonchev–Trinajstić information content (AvgIpc) is 3.05. The second-order valence-corrected chi connectivity index (χ2v) is 8.58. The maximum Gasteiger partial charge on any atom is 0.282 e. The highest BCUT2D eigenvalue weighted by Crippen LogP contribution is 2.17. The smallest absolute Gasteiger partial charge is 0.282 e. The van der Waals surface area contributed by atoms with E-state index in [9.17, 15) is 8.42 Å². The van der Waals surface area contributed by atoms with Crippen molar-refractivity contribution in [2.45, 2.75) is 25.5 Å². The first-order valence-electron chi connectivity index (χ1n) is 8.41. The van der Waals surface area contributed by atoms with Crippen LogP contribution in [0, 0.1) is 0 Å². The van der Waals surface area contributed by atoms with Crippen LogP contribution in [0.5, 0.6) is 0 Å². The van der Waals surface area contributed by atoms with Gasteiger partial charge in [0.15, 0.2) is 0 Å². The van der Waals surface area contributed by atoms with Gasteiger partial charge in [0, 0.05) is 39.8 Å². The maximum absolute atomic E-state index is 13.0. The molecular weight excluding hydrogens is 326 g/mol. The fraction of sp³-hybridized carbons (Fsp3) is 0.647. The van der Waals surface area contributed by atoms with Gasteiger partial charge in [-0.1, -0.05) is 30.3 Å². The Morgan fingerprint density at radius 2 is 1.83 bits per heavy atom. The van der Waals surface area contributed by atoms with Crippen LogP contribution in [0.3, 0.4) is 0 Å². The van der Waals surface area contributed by atoms with Crippen molar-refractivity contribution < 1.29 is 13.2 Å². The van der Waals surface area contributed by atoms with Gasteiger partial charge in [-0.25, -0.2) is 0 Å². The first-order valence-corrected chi connectivity index (χ1v) is 9.81. The molecule has 0 saturated carbocycles. The summed E-state index contributed by atoms with van der Waals surface area (Å²) >= 11 is 0. The minimum absolute atomic E-state index is 0.00654. The Balaban J connectivity index is 2.08. The van der Waals surface area contributed by atoms with Gasteiger partial charge in [0.05, 0.1) is 6.10 Å². The fourth-order valence-corrected chi connectivity index (χ4v) is 4.12. The topological polar surface area (TPSA) is 53.1 Å². The molecule has 0 radical (unpaired) electrons. The molecule has 0 amide bonds. The Labute approximate surface area is 146 Å². The number of likely N-dealkylation sites (N-methyl/N-ethyl adjacent to an activating group) is 1. The van der Waals surface area contributed by atoms with Crippen LogP contribution in [0.25, 0.3) is 0 Å². The molecule has 1 aromatic rings. The zero-order chi connectivity index (χ0) is 17.6. The van der Waals surface area contributed by atoms with Crippen LogP contribution in [0.15, 0.2) is 30.3 Å². The second kappa shape index (κ2) is 8.92. The third-order valence-corrected chi connectivity index (χ3v) is 6.10. The number of ether oxygens (including phenoxy) is 1. The van der Waals surface area contributed by atoms with Crippen molar-refractivity contribution in [2.24, 2.45) is 0 Å². The van der Waals surface area contributed by atoms with Crippen molar-refractivity contribution in [3.63, 3.8) is 0 Å². The zero-order valence-corrected chi connectivity index (χ0v) is 15.7. The van der Waals surface area contributed by atoms with Crippen molar-refractivity contribution in [1.29, 1.82) is 0 Å². The lowest BCUT2D eigenvalue weighted by molar-refractivity contribution is 0.0911. The summed E-state index contributed by atoms with van der Waals surface area (Å²) in [7, 11) is 2.01. The first kappa shape index (κ1) is 19.3. The Morgan fingerprint density at radius 3 is 2.42 bits per heavy atom. The van der Waals surface area contributed by atoms with E-state index in [1.165, 1.54) is 4.31 Å². The average molecular weight is 356 g/mol. The van der Waals surface area contributed by atoms with Crippen LogP contribution in [-0.4, -0.2) is 75.4 Å². The van der Waals surface area contributed by atoms with E-state index in [2.05, 4.69) is 0 Å². The normalized spacial score (nSPS) is 18.8. The molecule has 0 aliphatic carbocycles. The van der Waals surface area contributed by atoms with Gasteiger partial charge in [0.2, 0.25) is 0 Å². The van der Waals surface area contributed by atoms with Crippen molar-refractivity contribution >= 4 is 10.2 Å². The van der Waals surface area contributed by atoms with Crippen LogP contribution in [-0.2, 0) is 21.5 Å². The first-order chi connectivity index (χ1) is 11.4. The molecule has 1 heterocycles. The molecule has 1 saturated heterocycles. The Kier molecular flexibility index (Phi) is 7.18. The number of benzene rings is 1. The van der Waals surface area contributed by atoms with Gasteiger partial charge >= 0.3 is 0 Å². The summed E-state index contributed by atoms with van der Waals surface area (Å²) < 4.78 is 34.7. The summed E-state index contributed by atoms with van der Waals surface area (Å²) in [5.74, 6) is 0. The van der Waals surface area contributed by atoms with E-state index in [1.807, 2.05) is 49.3 Å². The summed E-state index contributed by atoms with van der Waals surface area (Å²) in [6, 6.07) is 9.66. The number of rotatable bonds is 9. The van der Waals surface area contributed by atoms with Gasteiger partial charge in [-0.3, -0.25) is 0 Å². The van der Waals surface area contributed by atoms with Crippen molar-refractivity contribution in [1.82, 2.24) is 13.5 Å². The molecular formula is C17H29N3O3S. The largest absolute Gasteiger partial charge is 0.377 e. The van der Waals surface area contributed by atoms with Crippen molar-refractivity contribution in [3.05, 3.63) is 35.9 Å². The third kappa shape index (κ3) is 5.53. The fourth-order valence-electron chi connectivity index (χ4n) is 2.75. The van der Waals surface area contributed by atoms with E-state index in [1.54, 1.807) is 11.4 Å². The van der Waals surface area contributed by atoms with Gasteiger partial charge in [-0.15, -0.1) is 0 Å². The lowest BCUT2D eigenvalue weighted by atomic mass is 10.2. The predicted molar refractivity (Wildman–Crippen MR) is 95.9 cm³/mol. The minimum Gasteiger partial charge on any atom is -0.377 e. The number of hydrogen-bond donors (Lipinski definition) is 0. The number of nitrogens with zero attached hydrogens (tertiary/aromatic N) is 3. The molecule has 6 nitrogen and oxygen atoms in total. The lowest BCUT2D eigenvalue weighted by Gasteiger charge is -2.30. The molecule has 2 rings (SSSR count). The van der Waals surface area contributed by atoms with Crippen LogP contribution >= 0.6 is 0 Å². The number of hydrogen-bond acceptors (Lipinski definition) is 4. The molecule has 1 atom stereocenters. The van der Waals surface area contributed by atoms with Crippen LogP contribution in [0.2, 0.25) is 0 Å². The molecule has 0 bridgehead atoms. The van der Waals surface area contributed by atoms with E-state index in [0.717, 1.165) is 25.0 Å². The van der Waals surface area contributed by atoms with Gasteiger partial charge in [-0.05, 0) is 32.5 Å². The summed E-state index contributed by atoms with van der Waals surface area (Å²) in [6.07, 6.45) is 1.94. The highest BCUT2D eigenvalue weighted by molar-refractivity contribution is 7.86. The summed E-state index contributed by atoms with van der Waals surface area (Å²) in [5.41, 5.74) is 0.980. The lowest BCUT2D eigenvalue weighted by Crippen LogP contribution is -2.47. The monoisotopic (exact) mass is 355 g/mol. The molecule has 0 N–H and O–H groups in total. The molecule has 1 aliphatic heterocycles. The van der Waals surface area contributed by atoms with E-state index in [0.29, 0.717) is 26.2 Å². The molecule has 0 spiro atoms. The maximum atomic E-state index is 13.0. The molecule has 136 valence electrons. The van der Waals surface area contributed by atoms with Crippen molar-refractivity contribution in [3.8, 4) is 0 Å². The van der Waals surface area contributed by atoms with Crippen LogP contribution < -0.4 is 0 Å². The Morgan fingerprint density at radius 1 is 1.12 bits per heavy atom.